The molecule has 0 bridgehead atoms. The summed E-state index contributed by atoms with van der Waals surface area (Å²) in [5.74, 6) is 0.351. The first kappa shape index (κ1) is 16.9. The Hall–Kier alpha value is -1.14. The van der Waals surface area contributed by atoms with E-state index in [9.17, 15) is 9.59 Å². The minimum atomic E-state index is -0.657. The standard InChI is InChI=1S/C14H27N3O3/c1-3-9-17(10-12-5-7-15-8-6-12)11-13(18)16-14(19)20-4-2/h12,15H,3-11H2,1-2H3,(H,16,18,19). The van der Waals surface area contributed by atoms with E-state index in [0.717, 1.165) is 45.4 Å². The molecule has 6 nitrogen and oxygen atoms in total. The third-order valence-electron chi connectivity index (χ3n) is 3.40. The van der Waals surface area contributed by atoms with Crippen LogP contribution >= 0.6 is 0 Å². The quantitative estimate of drug-likeness (QED) is 0.729. The van der Waals surface area contributed by atoms with Crippen molar-refractivity contribution in [2.75, 3.05) is 39.3 Å². The van der Waals surface area contributed by atoms with Gasteiger partial charge in [0.15, 0.2) is 0 Å². The maximum Gasteiger partial charge on any atom is 0.413 e. The van der Waals surface area contributed by atoms with Gasteiger partial charge in [-0.3, -0.25) is 15.0 Å². The fraction of sp³-hybridized carbons (Fsp3) is 0.857. The molecule has 6 heteroatoms. The Balaban J connectivity index is 2.36. The lowest BCUT2D eigenvalue weighted by molar-refractivity contribution is -0.121. The normalized spacial score (nSPS) is 16.1. The molecular formula is C14H27N3O3. The number of rotatable bonds is 7. The van der Waals surface area contributed by atoms with Crippen molar-refractivity contribution < 1.29 is 14.3 Å². The number of amides is 2. The fourth-order valence-electron chi connectivity index (χ4n) is 2.50. The molecule has 0 unspecified atom stereocenters. The van der Waals surface area contributed by atoms with E-state index in [0.29, 0.717) is 5.92 Å². The number of nitrogens with zero attached hydrogens (tertiary/aromatic N) is 1. The minimum Gasteiger partial charge on any atom is -0.450 e. The highest BCUT2D eigenvalue weighted by Crippen LogP contribution is 2.13. The highest BCUT2D eigenvalue weighted by atomic mass is 16.5. The van der Waals surface area contributed by atoms with Crippen LogP contribution in [-0.4, -0.2) is 56.2 Å². The second-order valence-electron chi connectivity index (χ2n) is 5.20. The summed E-state index contributed by atoms with van der Waals surface area (Å²) < 4.78 is 4.71. The van der Waals surface area contributed by atoms with Crippen LogP contribution in [0.2, 0.25) is 0 Å². The third-order valence-corrected chi connectivity index (χ3v) is 3.40. The Kier molecular flexibility index (Phi) is 8.22. The molecule has 0 radical (unpaired) electrons. The van der Waals surface area contributed by atoms with Gasteiger partial charge in [0.25, 0.3) is 0 Å². The first-order valence-electron chi connectivity index (χ1n) is 7.55. The van der Waals surface area contributed by atoms with Gasteiger partial charge in [-0.15, -0.1) is 0 Å². The number of hydrogen-bond acceptors (Lipinski definition) is 5. The summed E-state index contributed by atoms with van der Waals surface area (Å²) in [7, 11) is 0. The molecule has 116 valence electrons. The molecule has 0 aromatic heterocycles. The molecule has 1 saturated heterocycles. The highest BCUT2D eigenvalue weighted by molar-refractivity contribution is 5.92. The summed E-state index contributed by atoms with van der Waals surface area (Å²) in [5, 5.41) is 5.59. The lowest BCUT2D eigenvalue weighted by atomic mass is 9.97. The average Bonchev–Trinajstić information content (AvgIpc) is 2.40. The lowest BCUT2D eigenvalue weighted by Gasteiger charge is -2.29. The number of piperidine rings is 1. The summed E-state index contributed by atoms with van der Waals surface area (Å²) in [5.41, 5.74) is 0. The second kappa shape index (κ2) is 9.72. The Labute approximate surface area is 121 Å². The van der Waals surface area contributed by atoms with Gasteiger partial charge in [0, 0.05) is 6.54 Å². The predicted molar refractivity (Wildman–Crippen MR) is 77.5 cm³/mol. The number of hydrogen-bond donors (Lipinski definition) is 2. The van der Waals surface area contributed by atoms with Crippen LogP contribution in [0.25, 0.3) is 0 Å². The van der Waals surface area contributed by atoms with Crippen molar-refractivity contribution >= 4 is 12.0 Å². The molecule has 0 saturated carbocycles. The maximum absolute atomic E-state index is 11.8. The molecule has 20 heavy (non-hydrogen) atoms. The molecule has 1 aliphatic rings. The molecule has 1 rings (SSSR count). The lowest BCUT2D eigenvalue weighted by Crippen LogP contribution is -2.43. The van der Waals surface area contributed by atoms with Crippen molar-refractivity contribution in [3.63, 3.8) is 0 Å². The van der Waals surface area contributed by atoms with Gasteiger partial charge in [-0.2, -0.15) is 0 Å². The minimum absolute atomic E-state index is 0.260. The zero-order valence-electron chi connectivity index (χ0n) is 12.6. The first-order chi connectivity index (χ1) is 9.65. The van der Waals surface area contributed by atoms with Gasteiger partial charge < -0.3 is 10.1 Å². The Morgan fingerprint density at radius 2 is 2.00 bits per heavy atom. The molecule has 0 aliphatic carbocycles. The van der Waals surface area contributed by atoms with E-state index in [1.807, 2.05) is 0 Å². The van der Waals surface area contributed by atoms with Crippen molar-refractivity contribution in [2.24, 2.45) is 5.92 Å². The topological polar surface area (TPSA) is 70.7 Å². The molecule has 0 atom stereocenters. The van der Waals surface area contributed by atoms with Gasteiger partial charge >= 0.3 is 6.09 Å². The maximum atomic E-state index is 11.8. The average molecular weight is 285 g/mol. The number of imide groups is 1. The summed E-state index contributed by atoms with van der Waals surface area (Å²) in [6.45, 7) is 8.25. The zero-order valence-corrected chi connectivity index (χ0v) is 12.6. The molecular weight excluding hydrogens is 258 g/mol. The van der Waals surface area contributed by atoms with E-state index in [-0.39, 0.29) is 19.1 Å². The van der Waals surface area contributed by atoms with Crippen LogP contribution in [0.3, 0.4) is 0 Å². The van der Waals surface area contributed by atoms with Gasteiger partial charge in [-0.1, -0.05) is 6.92 Å². The molecule has 1 heterocycles. The van der Waals surface area contributed by atoms with Gasteiger partial charge in [-0.25, -0.2) is 4.79 Å². The molecule has 2 N–H and O–H groups in total. The third kappa shape index (κ3) is 6.86. The highest BCUT2D eigenvalue weighted by Gasteiger charge is 2.19. The van der Waals surface area contributed by atoms with E-state index in [1.54, 1.807) is 6.92 Å². The van der Waals surface area contributed by atoms with E-state index in [2.05, 4.69) is 22.5 Å². The van der Waals surface area contributed by atoms with Crippen molar-refractivity contribution in [1.82, 2.24) is 15.5 Å². The summed E-state index contributed by atoms with van der Waals surface area (Å²) in [4.78, 5) is 25.1. The SMILES string of the molecule is CCCN(CC(=O)NC(=O)OCC)CC1CCNCC1. The Bertz CT molecular complexity index is 304. The largest absolute Gasteiger partial charge is 0.450 e. The Morgan fingerprint density at radius 1 is 1.30 bits per heavy atom. The van der Waals surface area contributed by atoms with Crippen molar-refractivity contribution in [3.8, 4) is 0 Å². The van der Waals surface area contributed by atoms with Crippen molar-refractivity contribution in [3.05, 3.63) is 0 Å². The van der Waals surface area contributed by atoms with Crippen LogP contribution in [0.4, 0.5) is 4.79 Å². The monoisotopic (exact) mass is 285 g/mol. The number of alkyl carbamates (subject to hydrolysis) is 1. The molecule has 1 aliphatic heterocycles. The van der Waals surface area contributed by atoms with Gasteiger partial charge in [-0.05, 0) is 51.7 Å². The van der Waals surface area contributed by atoms with Crippen LogP contribution in [-0.2, 0) is 9.53 Å². The molecule has 2 amide bonds. The predicted octanol–water partition coefficient (Wildman–Crippen LogP) is 0.971. The second-order valence-corrected chi connectivity index (χ2v) is 5.20. The van der Waals surface area contributed by atoms with Gasteiger partial charge in [0.2, 0.25) is 5.91 Å². The molecule has 0 aromatic carbocycles. The van der Waals surface area contributed by atoms with Crippen LogP contribution in [0.15, 0.2) is 0 Å². The molecule has 1 fully saturated rings. The van der Waals surface area contributed by atoms with Crippen molar-refractivity contribution in [2.45, 2.75) is 33.1 Å². The number of nitrogens with one attached hydrogen (secondary N) is 2. The number of carbonyl (C=O) groups is 2. The zero-order chi connectivity index (χ0) is 14.8. The molecule has 0 spiro atoms. The summed E-state index contributed by atoms with van der Waals surface area (Å²) in [6.07, 6.45) is 2.65. The van der Waals surface area contributed by atoms with E-state index in [1.165, 1.54) is 0 Å². The van der Waals surface area contributed by atoms with Gasteiger partial charge in [0.05, 0.1) is 13.2 Å². The van der Waals surface area contributed by atoms with Crippen LogP contribution in [0.1, 0.15) is 33.1 Å². The summed E-state index contributed by atoms with van der Waals surface area (Å²) in [6, 6.07) is 0. The van der Waals surface area contributed by atoms with E-state index in [4.69, 9.17) is 4.74 Å². The number of carbonyl (C=O) groups excluding carboxylic acids is 2. The van der Waals surface area contributed by atoms with E-state index < -0.39 is 6.09 Å². The molecule has 0 aromatic rings. The fourth-order valence-corrected chi connectivity index (χ4v) is 2.50. The van der Waals surface area contributed by atoms with Crippen LogP contribution in [0, 0.1) is 5.92 Å². The van der Waals surface area contributed by atoms with Crippen molar-refractivity contribution in [1.29, 1.82) is 0 Å². The summed E-state index contributed by atoms with van der Waals surface area (Å²) >= 11 is 0. The smallest absolute Gasteiger partial charge is 0.413 e. The van der Waals surface area contributed by atoms with E-state index >= 15 is 0 Å². The van der Waals surface area contributed by atoms with Gasteiger partial charge in [0.1, 0.15) is 0 Å². The Morgan fingerprint density at radius 3 is 2.60 bits per heavy atom. The number of ether oxygens (including phenoxy) is 1. The van der Waals surface area contributed by atoms with Crippen LogP contribution in [0.5, 0.6) is 0 Å². The van der Waals surface area contributed by atoms with Crippen LogP contribution < -0.4 is 10.6 Å². The first-order valence-corrected chi connectivity index (χ1v) is 7.55.